The van der Waals surface area contributed by atoms with Gasteiger partial charge in [-0.1, -0.05) is 18.1 Å². The third-order valence-corrected chi connectivity index (χ3v) is 6.38. The molecule has 160 valence electrons. The number of rotatable bonds is 3. The van der Waals surface area contributed by atoms with Gasteiger partial charge < -0.3 is 0 Å². The number of fused-ring (bicyclic) bond motifs is 3. The molecule has 0 aliphatic heterocycles. The Morgan fingerprint density at radius 1 is 0.938 bits per heavy atom. The summed E-state index contributed by atoms with van der Waals surface area (Å²) in [5.74, 6) is 0. The van der Waals surface area contributed by atoms with Gasteiger partial charge in [0.15, 0.2) is 0 Å². The molecule has 6 rings (SSSR count). The zero-order valence-electron chi connectivity index (χ0n) is 17.9. The van der Waals surface area contributed by atoms with E-state index in [0.717, 1.165) is 70.4 Å². The molecular weight excluding hydrogens is 404 g/mol. The van der Waals surface area contributed by atoms with Crippen LogP contribution in [0.2, 0.25) is 0 Å². The standard InChI is InChI=1S/C23H22N8O/c1-29-13-19(27-28-29)17-8-7-14(11-24-17)16-9-10-18-21(26-16)22-20(12-25-18)30(2)23(32)31(22)15-5-3-4-6-15/h7-13,15H,3-6H2,1-2H3. The van der Waals surface area contributed by atoms with Gasteiger partial charge in [0, 0.05) is 31.9 Å². The van der Waals surface area contributed by atoms with Crippen LogP contribution in [0.3, 0.4) is 0 Å². The minimum atomic E-state index is 0.00314. The van der Waals surface area contributed by atoms with Gasteiger partial charge in [-0.25, -0.2) is 9.78 Å². The minimum absolute atomic E-state index is 0.00314. The van der Waals surface area contributed by atoms with Gasteiger partial charge in [0.25, 0.3) is 0 Å². The average molecular weight is 426 g/mol. The van der Waals surface area contributed by atoms with E-state index >= 15 is 0 Å². The van der Waals surface area contributed by atoms with Crippen LogP contribution in [-0.2, 0) is 14.1 Å². The molecule has 0 unspecified atom stereocenters. The smallest absolute Gasteiger partial charge is 0.293 e. The lowest BCUT2D eigenvalue weighted by atomic mass is 10.1. The number of imidazole rings is 1. The molecule has 1 aliphatic rings. The molecule has 1 saturated carbocycles. The van der Waals surface area contributed by atoms with Gasteiger partial charge >= 0.3 is 5.69 Å². The molecule has 32 heavy (non-hydrogen) atoms. The quantitative estimate of drug-likeness (QED) is 0.439. The maximum atomic E-state index is 13.1. The van der Waals surface area contributed by atoms with E-state index in [-0.39, 0.29) is 11.7 Å². The van der Waals surface area contributed by atoms with E-state index in [1.807, 2.05) is 49.1 Å². The first-order chi connectivity index (χ1) is 15.6. The monoisotopic (exact) mass is 426 g/mol. The fourth-order valence-electron chi connectivity index (χ4n) is 4.71. The van der Waals surface area contributed by atoms with E-state index in [9.17, 15) is 4.79 Å². The largest absolute Gasteiger partial charge is 0.329 e. The minimum Gasteiger partial charge on any atom is -0.293 e. The number of hydrogen-bond acceptors (Lipinski definition) is 6. The SMILES string of the molecule is Cn1cc(-c2ccc(-c3ccc4ncc5c(c4n3)n(C3CCCC3)c(=O)n5C)cn2)nn1. The van der Waals surface area contributed by atoms with Crippen molar-refractivity contribution in [2.75, 3.05) is 0 Å². The Balaban J connectivity index is 1.51. The maximum Gasteiger partial charge on any atom is 0.329 e. The third kappa shape index (κ3) is 2.84. The molecule has 0 amide bonds. The summed E-state index contributed by atoms with van der Waals surface area (Å²) in [6.07, 6.45) is 9.75. The summed E-state index contributed by atoms with van der Waals surface area (Å²) in [4.78, 5) is 27.2. The lowest BCUT2D eigenvalue weighted by Gasteiger charge is -2.12. The molecule has 0 atom stereocenters. The molecule has 9 heteroatoms. The van der Waals surface area contributed by atoms with Gasteiger partial charge in [-0.3, -0.25) is 23.8 Å². The van der Waals surface area contributed by atoms with Crippen LogP contribution in [0.1, 0.15) is 31.7 Å². The van der Waals surface area contributed by atoms with Crippen LogP contribution in [0.25, 0.3) is 44.7 Å². The lowest BCUT2D eigenvalue weighted by Crippen LogP contribution is -2.24. The van der Waals surface area contributed by atoms with Crippen molar-refractivity contribution >= 4 is 22.1 Å². The molecule has 1 aliphatic carbocycles. The fourth-order valence-corrected chi connectivity index (χ4v) is 4.71. The van der Waals surface area contributed by atoms with Gasteiger partial charge in [0.2, 0.25) is 0 Å². The second-order valence-electron chi connectivity index (χ2n) is 8.42. The van der Waals surface area contributed by atoms with Gasteiger partial charge in [-0.15, -0.1) is 5.10 Å². The number of pyridine rings is 3. The van der Waals surface area contributed by atoms with Crippen molar-refractivity contribution in [3.63, 3.8) is 0 Å². The topological polar surface area (TPSA) is 96.3 Å². The Morgan fingerprint density at radius 2 is 1.75 bits per heavy atom. The molecule has 0 saturated heterocycles. The summed E-state index contributed by atoms with van der Waals surface area (Å²) in [5.41, 5.74) is 6.39. The van der Waals surface area contributed by atoms with Crippen LogP contribution in [-0.4, -0.2) is 39.1 Å². The van der Waals surface area contributed by atoms with Gasteiger partial charge in [0.05, 0.1) is 40.3 Å². The van der Waals surface area contributed by atoms with Crippen molar-refractivity contribution < 1.29 is 0 Å². The van der Waals surface area contributed by atoms with E-state index in [1.54, 1.807) is 21.6 Å². The Labute approximate surface area is 183 Å². The highest BCUT2D eigenvalue weighted by Gasteiger charge is 2.24. The van der Waals surface area contributed by atoms with Crippen LogP contribution in [0.15, 0.2) is 47.7 Å². The highest BCUT2D eigenvalue weighted by atomic mass is 16.1. The Kier molecular flexibility index (Phi) is 4.17. The summed E-state index contributed by atoms with van der Waals surface area (Å²) < 4.78 is 5.28. The summed E-state index contributed by atoms with van der Waals surface area (Å²) in [6, 6.07) is 8.02. The zero-order valence-corrected chi connectivity index (χ0v) is 17.9. The molecular formula is C23H22N8O. The predicted octanol–water partition coefficient (Wildman–Crippen LogP) is 3.26. The number of hydrogen-bond donors (Lipinski definition) is 0. The van der Waals surface area contributed by atoms with E-state index in [2.05, 4.69) is 20.3 Å². The summed E-state index contributed by atoms with van der Waals surface area (Å²) in [5, 5.41) is 8.08. The third-order valence-electron chi connectivity index (χ3n) is 6.38. The molecule has 5 aromatic rings. The molecule has 5 aromatic heterocycles. The van der Waals surface area contributed by atoms with Gasteiger partial charge in [-0.05, 0) is 37.1 Å². The summed E-state index contributed by atoms with van der Waals surface area (Å²) in [7, 11) is 3.63. The predicted molar refractivity (Wildman–Crippen MR) is 121 cm³/mol. The van der Waals surface area contributed by atoms with E-state index in [4.69, 9.17) is 4.98 Å². The molecule has 0 spiro atoms. The maximum absolute atomic E-state index is 13.1. The Hall–Kier alpha value is -3.88. The van der Waals surface area contributed by atoms with Crippen LogP contribution in [0, 0.1) is 0 Å². The van der Waals surface area contributed by atoms with E-state index in [1.165, 1.54) is 0 Å². The zero-order chi connectivity index (χ0) is 21.8. The normalized spacial score (nSPS) is 14.7. The van der Waals surface area contributed by atoms with Crippen LogP contribution in [0.4, 0.5) is 0 Å². The Bertz CT molecular complexity index is 1520. The van der Waals surface area contributed by atoms with Crippen molar-refractivity contribution in [2.45, 2.75) is 31.7 Å². The second-order valence-corrected chi connectivity index (χ2v) is 8.42. The summed E-state index contributed by atoms with van der Waals surface area (Å²) >= 11 is 0. The van der Waals surface area contributed by atoms with E-state index < -0.39 is 0 Å². The highest BCUT2D eigenvalue weighted by molar-refractivity contribution is 6.00. The van der Waals surface area contributed by atoms with Gasteiger partial charge in [0.1, 0.15) is 11.2 Å². The molecule has 0 aromatic carbocycles. The van der Waals surface area contributed by atoms with Crippen molar-refractivity contribution in [2.24, 2.45) is 14.1 Å². The van der Waals surface area contributed by atoms with Crippen LogP contribution in [0.5, 0.6) is 0 Å². The fraction of sp³-hybridized carbons (Fsp3) is 0.304. The molecule has 5 heterocycles. The van der Waals surface area contributed by atoms with Crippen molar-refractivity contribution in [3.8, 4) is 22.6 Å². The molecule has 9 nitrogen and oxygen atoms in total. The van der Waals surface area contributed by atoms with Crippen molar-refractivity contribution in [1.82, 2.24) is 39.1 Å². The number of aryl methyl sites for hydroxylation is 2. The number of aromatic nitrogens is 8. The number of nitrogens with zero attached hydrogens (tertiary/aromatic N) is 8. The first-order valence-electron chi connectivity index (χ1n) is 10.8. The van der Waals surface area contributed by atoms with Crippen LogP contribution >= 0.6 is 0 Å². The highest BCUT2D eigenvalue weighted by Crippen LogP contribution is 2.33. The van der Waals surface area contributed by atoms with E-state index in [0.29, 0.717) is 0 Å². The summed E-state index contributed by atoms with van der Waals surface area (Å²) in [6.45, 7) is 0. The second kappa shape index (κ2) is 7.08. The first-order valence-corrected chi connectivity index (χ1v) is 10.8. The molecule has 0 radical (unpaired) electrons. The van der Waals surface area contributed by atoms with Crippen molar-refractivity contribution in [1.29, 1.82) is 0 Å². The Morgan fingerprint density at radius 3 is 2.47 bits per heavy atom. The lowest BCUT2D eigenvalue weighted by molar-refractivity contribution is 0.510. The molecule has 1 fully saturated rings. The van der Waals surface area contributed by atoms with Crippen LogP contribution < -0.4 is 5.69 Å². The molecule has 0 bridgehead atoms. The van der Waals surface area contributed by atoms with Gasteiger partial charge in [-0.2, -0.15) is 0 Å². The molecule has 0 N–H and O–H groups in total. The average Bonchev–Trinajstić information content (AvgIpc) is 3.55. The van der Waals surface area contributed by atoms with Crippen molar-refractivity contribution in [3.05, 3.63) is 53.3 Å². The first kappa shape index (κ1) is 18.9.